The van der Waals surface area contributed by atoms with Gasteiger partial charge in [-0.25, -0.2) is 9.98 Å². The second-order valence-corrected chi connectivity index (χ2v) is 10.6. The average Bonchev–Trinajstić information content (AvgIpc) is 3.72. The molecule has 0 spiro atoms. The number of hydrogen-bond donors (Lipinski definition) is 1. The summed E-state index contributed by atoms with van der Waals surface area (Å²) < 4.78 is 0. The Balaban J connectivity index is 1.34. The number of aromatic amines is 1. The highest BCUT2D eigenvalue weighted by Gasteiger charge is 2.28. The van der Waals surface area contributed by atoms with E-state index in [0.717, 1.165) is 72.1 Å². The van der Waals surface area contributed by atoms with Crippen molar-refractivity contribution in [2.75, 3.05) is 0 Å². The Morgan fingerprint density at radius 3 is 2.10 bits per heavy atom. The quantitative estimate of drug-likeness (QED) is 0.243. The molecule has 6 aromatic carbocycles. The first-order valence-electron chi connectivity index (χ1n) is 13.9. The van der Waals surface area contributed by atoms with Crippen LogP contribution in [0.2, 0.25) is 0 Å². The molecule has 0 amide bonds. The van der Waals surface area contributed by atoms with E-state index in [0.29, 0.717) is 0 Å². The van der Waals surface area contributed by atoms with E-state index >= 15 is 0 Å². The van der Waals surface area contributed by atoms with Crippen LogP contribution >= 0.6 is 0 Å². The summed E-state index contributed by atoms with van der Waals surface area (Å²) in [4.78, 5) is 14.1. The van der Waals surface area contributed by atoms with Crippen LogP contribution in [-0.4, -0.2) is 10.7 Å². The summed E-state index contributed by atoms with van der Waals surface area (Å²) in [6.45, 7) is 0. The summed E-state index contributed by atoms with van der Waals surface area (Å²) in [7, 11) is 0. The van der Waals surface area contributed by atoms with E-state index in [-0.39, 0.29) is 0 Å². The first-order chi connectivity index (χ1) is 20.3. The summed E-state index contributed by atoms with van der Waals surface area (Å²) in [5.41, 5.74) is 13.3. The molecule has 0 fully saturated rings. The fraction of sp³-hybridized carbons (Fsp3) is 0. The average molecular weight is 522 g/mol. The molecule has 0 aliphatic carbocycles. The smallest absolute Gasteiger partial charge is 0.0817 e. The van der Waals surface area contributed by atoms with Crippen LogP contribution in [0.3, 0.4) is 0 Å². The molecule has 0 saturated heterocycles. The van der Waals surface area contributed by atoms with Crippen molar-refractivity contribution in [3.05, 3.63) is 155 Å². The second kappa shape index (κ2) is 8.48. The van der Waals surface area contributed by atoms with Gasteiger partial charge in [0, 0.05) is 49.3 Å². The maximum atomic E-state index is 5.47. The molecular formula is C38H23N3. The van der Waals surface area contributed by atoms with Gasteiger partial charge in [0.1, 0.15) is 0 Å². The van der Waals surface area contributed by atoms with Crippen molar-refractivity contribution in [1.82, 2.24) is 4.98 Å². The highest BCUT2D eigenvalue weighted by Crippen LogP contribution is 2.41. The van der Waals surface area contributed by atoms with Crippen molar-refractivity contribution in [1.29, 1.82) is 0 Å². The SMILES string of the molecule is c1ccc(C2=c3ccc4c(c3N=C2c2ccccc2-c2cccc3c2[nH]c2ccccc23)-c2ccccc2N=4)cc1. The number of nitrogens with one attached hydrogen (secondary N) is 1. The molecule has 3 heteroatoms. The molecule has 190 valence electrons. The molecule has 0 unspecified atom stereocenters. The zero-order valence-corrected chi connectivity index (χ0v) is 22.1. The monoisotopic (exact) mass is 521 g/mol. The van der Waals surface area contributed by atoms with Gasteiger partial charge in [0.05, 0.1) is 28.0 Å². The number of H-pyrrole nitrogens is 1. The van der Waals surface area contributed by atoms with Gasteiger partial charge >= 0.3 is 0 Å². The van der Waals surface area contributed by atoms with Crippen LogP contribution < -0.4 is 10.6 Å². The minimum Gasteiger partial charge on any atom is -0.354 e. The Labute approximate surface area is 236 Å². The van der Waals surface area contributed by atoms with E-state index in [4.69, 9.17) is 9.98 Å². The zero-order valence-electron chi connectivity index (χ0n) is 22.1. The number of nitrogens with zero attached hydrogens (tertiary/aromatic N) is 2. The van der Waals surface area contributed by atoms with Crippen LogP contribution in [-0.2, 0) is 0 Å². The molecule has 1 aromatic heterocycles. The molecule has 2 aliphatic heterocycles. The first-order valence-corrected chi connectivity index (χ1v) is 13.9. The van der Waals surface area contributed by atoms with Crippen molar-refractivity contribution in [3.63, 3.8) is 0 Å². The highest BCUT2D eigenvalue weighted by molar-refractivity contribution is 6.36. The molecule has 9 rings (SSSR count). The summed E-state index contributed by atoms with van der Waals surface area (Å²) in [5.74, 6) is 0. The van der Waals surface area contributed by atoms with Crippen LogP contribution in [0.4, 0.5) is 11.4 Å². The number of para-hydroxylation sites is 3. The van der Waals surface area contributed by atoms with E-state index < -0.39 is 0 Å². The molecule has 0 atom stereocenters. The predicted molar refractivity (Wildman–Crippen MR) is 169 cm³/mol. The van der Waals surface area contributed by atoms with E-state index in [1.54, 1.807) is 0 Å². The number of benzene rings is 6. The Morgan fingerprint density at radius 2 is 1.20 bits per heavy atom. The van der Waals surface area contributed by atoms with Gasteiger partial charge in [-0.05, 0) is 35.4 Å². The largest absolute Gasteiger partial charge is 0.354 e. The van der Waals surface area contributed by atoms with Gasteiger partial charge in [-0.1, -0.05) is 109 Å². The lowest BCUT2D eigenvalue weighted by atomic mass is 9.89. The second-order valence-electron chi connectivity index (χ2n) is 10.6. The summed E-state index contributed by atoms with van der Waals surface area (Å²) >= 11 is 0. The van der Waals surface area contributed by atoms with E-state index in [2.05, 4.69) is 132 Å². The molecule has 41 heavy (non-hydrogen) atoms. The molecule has 0 saturated carbocycles. The molecule has 0 bridgehead atoms. The number of rotatable bonds is 3. The fourth-order valence-electron chi connectivity index (χ4n) is 6.58. The lowest BCUT2D eigenvalue weighted by Crippen LogP contribution is -2.14. The van der Waals surface area contributed by atoms with E-state index in [9.17, 15) is 0 Å². The Kier molecular flexibility index (Phi) is 4.61. The van der Waals surface area contributed by atoms with Gasteiger partial charge in [-0.2, -0.15) is 0 Å². The van der Waals surface area contributed by atoms with E-state index in [1.807, 2.05) is 6.07 Å². The molecule has 7 aromatic rings. The normalized spacial score (nSPS) is 13.2. The van der Waals surface area contributed by atoms with Crippen molar-refractivity contribution < 1.29 is 0 Å². The molecule has 2 aliphatic rings. The topological polar surface area (TPSA) is 40.5 Å². The van der Waals surface area contributed by atoms with Gasteiger partial charge in [-0.15, -0.1) is 0 Å². The van der Waals surface area contributed by atoms with Crippen LogP contribution in [0.1, 0.15) is 11.1 Å². The standard InChI is InChI=1S/C38H23N3/c1-2-11-23(12-3-1)34-30-21-22-33-35(29-16-7-9-20-32(29)39-33)38(30)41-37(34)27-15-5-4-13-24(27)26-17-10-18-28-25-14-6-8-19-31(25)40-36(26)28/h1-22,40H. The van der Waals surface area contributed by atoms with Crippen molar-refractivity contribution >= 4 is 44.5 Å². The number of aliphatic imine (C=N–C) groups is 1. The van der Waals surface area contributed by atoms with Gasteiger partial charge in [0.15, 0.2) is 0 Å². The fourth-order valence-corrected chi connectivity index (χ4v) is 6.58. The van der Waals surface area contributed by atoms with Gasteiger partial charge in [0.2, 0.25) is 0 Å². The molecule has 1 N–H and O–H groups in total. The Bertz CT molecular complexity index is 2360. The first kappa shape index (κ1) is 22.3. The number of fused-ring (bicyclic) bond motifs is 8. The molecule has 3 heterocycles. The third-order valence-electron chi connectivity index (χ3n) is 8.38. The van der Waals surface area contributed by atoms with Crippen molar-refractivity contribution in [3.8, 4) is 22.3 Å². The number of aromatic nitrogens is 1. The van der Waals surface area contributed by atoms with Gasteiger partial charge in [0.25, 0.3) is 0 Å². The summed E-state index contributed by atoms with van der Waals surface area (Å²) in [5, 5.41) is 4.60. The maximum Gasteiger partial charge on any atom is 0.0817 e. The third kappa shape index (κ3) is 3.20. The minimum absolute atomic E-state index is 0.985. The summed E-state index contributed by atoms with van der Waals surface area (Å²) in [6.07, 6.45) is 0. The van der Waals surface area contributed by atoms with Gasteiger partial charge in [-0.3, -0.25) is 0 Å². The van der Waals surface area contributed by atoms with Crippen LogP contribution in [0.15, 0.2) is 143 Å². The van der Waals surface area contributed by atoms with Crippen LogP contribution in [0.25, 0.3) is 49.6 Å². The van der Waals surface area contributed by atoms with E-state index in [1.165, 1.54) is 16.3 Å². The molecule has 3 nitrogen and oxygen atoms in total. The third-order valence-corrected chi connectivity index (χ3v) is 8.38. The lowest BCUT2D eigenvalue weighted by Gasteiger charge is -2.14. The van der Waals surface area contributed by atoms with Gasteiger partial charge < -0.3 is 4.98 Å². The van der Waals surface area contributed by atoms with Crippen LogP contribution in [0, 0.1) is 0 Å². The van der Waals surface area contributed by atoms with Crippen molar-refractivity contribution in [2.24, 2.45) is 9.98 Å². The maximum absolute atomic E-state index is 5.47. The predicted octanol–water partition coefficient (Wildman–Crippen LogP) is 8.25. The summed E-state index contributed by atoms with van der Waals surface area (Å²) in [6, 6.07) is 47.1. The highest BCUT2D eigenvalue weighted by atomic mass is 14.8. The lowest BCUT2D eigenvalue weighted by molar-refractivity contribution is 1.39. The minimum atomic E-state index is 0.985. The molecule has 0 radical (unpaired) electrons. The zero-order chi connectivity index (χ0) is 26.9. The van der Waals surface area contributed by atoms with Crippen molar-refractivity contribution in [2.45, 2.75) is 0 Å². The van der Waals surface area contributed by atoms with Crippen LogP contribution in [0.5, 0.6) is 0 Å². The Hall–Kier alpha value is -5.54. The Morgan fingerprint density at radius 1 is 0.488 bits per heavy atom. The number of hydrogen-bond acceptors (Lipinski definition) is 2. The molecular weight excluding hydrogens is 498 g/mol.